The Kier molecular flexibility index (Phi) is 3.33. The lowest BCUT2D eigenvalue weighted by atomic mass is 9.78. The van der Waals surface area contributed by atoms with Gasteiger partial charge in [-0.3, -0.25) is 14.4 Å². The minimum absolute atomic E-state index is 0.00150. The first-order valence-electron chi connectivity index (χ1n) is 6.91. The maximum Gasteiger partial charge on any atom is 0.305 e. The predicted octanol–water partition coefficient (Wildman–Crippen LogP) is 1.72. The molecule has 0 radical (unpaired) electrons. The summed E-state index contributed by atoms with van der Waals surface area (Å²) in [5.41, 5.74) is 0.680. The van der Waals surface area contributed by atoms with Crippen LogP contribution in [0, 0.1) is 0 Å². The van der Waals surface area contributed by atoms with Gasteiger partial charge < -0.3 is 14.9 Å². The Balaban J connectivity index is 2.08. The van der Waals surface area contributed by atoms with Crippen molar-refractivity contribution in [1.29, 1.82) is 0 Å². The first-order valence-corrected chi connectivity index (χ1v) is 6.91. The van der Waals surface area contributed by atoms with Gasteiger partial charge in [-0.05, 0) is 13.0 Å². The molecule has 2 atom stereocenters. The van der Waals surface area contributed by atoms with E-state index in [2.05, 4.69) is 0 Å². The van der Waals surface area contributed by atoms with Gasteiger partial charge in [0.05, 0.1) is 24.2 Å². The number of carboxylic acid groups (broad SMARTS) is 1. The fraction of sp³-hybridized carbons (Fsp3) is 0.312. The second-order valence-corrected chi connectivity index (χ2v) is 5.45. The molecule has 0 saturated carbocycles. The maximum atomic E-state index is 12.6. The summed E-state index contributed by atoms with van der Waals surface area (Å²) in [6, 6.07) is 4.35. The molecule has 1 aliphatic heterocycles. The van der Waals surface area contributed by atoms with Crippen molar-refractivity contribution in [1.82, 2.24) is 0 Å². The quantitative estimate of drug-likeness (QED) is 0.862. The molecular weight excluding hydrogens is 288 g/mol. The smallest absolute Gasteiger partial charge is 0.305 e. The topological polar surface area (TPSA) is 101 Å². The molecule has 2 aliphatic rings. The fourth-order valence-electron chi connectivity index (χ4n) is 3.10. The summed E-state index contributed by atoms with van der Waals surface area (Å²) in [4.78, 5) is 36.0. The molecule has 1 heterocycles. The maximum absolute atomic E-state index is 12.6. The Morgan fingerprint density at radius 1 is 1.32 bits per heavy atom. The number of benzene rings is 1. The summed E-state index contributed by atoms with van der Waals surface area (Å²) in [6.45, 7) is 1.61. The van der Waals surface area contributed by atoms with Gasteiger partial charge in [-0.1, -0.05) is 12.1 Å². The predicted molar refractivity (Wildman–Crippen MR) is 75.0 cm³/mol. The zero-order valence-corrected chi connectivity index (χ0v) is 11.8. The summed E-state index contributed by atoms with van der Waals surface area (Å²) in [5, 5.41) is 18.8. The van der Waals surface area contributed by atoms with Crippen LogP contribution in [0.15, 0.2) is 29.3 Å². The van der Waals surface area contributed by atoms with E-state index in [1.165, 1.54) is 18.2 Å². The summed E-state index contributed by atoms with van der Waals surface area (Å²) in [5.74, 6) is -2.02. The zero-order chi connectivity index (χ0) is 16.0. The number of carboxylic acids is 1. The highest BCUT2D eigenvalue weighted by Crippen LogP contribution is 2.39. The van der Waals surface area contributed by atoms with Crippen molar-refractivity contribution in [3.05, 3.63) is 40.5 Å². The standard InChI is InChI=1S/C16H14O6/c1-7-13-10(5-8(22-7)6-12(18)19)15(20)9-3-2-4-11(17)14(9)16(13)21/h2-4,7-8,17H,5-6H2,1H3,(H,18,19)/t7-,8-/m0/s1. The summed E-state index contributed by atoms with van der Waals surface area (Å²) in [6.07, 6.45) is -1.46. The highest BCUT2D eigenvalue weighted by Gasteiger charge is 2.41. The van der Waals surface area contributed by atoms with Gasteiger partial charge in [-0.2, -0.15) is 0 Å². The molecule has 6 nitrogen and oxygen atoms in total. The summed E-state index contributed by atoms with van der Waals surface area (Å²) >= 11 is 0. The summed E-state index contributed by atoms with van der Waals surface area (Å²) < 4.78 is 5.55. The molecule has 3 rings (SSSR count). The second kappa shape index (κ2) is 5.06. The molecule has 1 aromatic rings. The number of Topliss-reactive ketones (excluding diaryl/α,β-unsaturated/α-hetero) is 2. The van der Waals surface area contributed by atoms with Crippen LogP contribution in [0.2, 0.25) is 0 Å². The molecule has 1 aliphatic carbocycles. The molecule has 0 bridgehead atoms. The van der Waals surface area contributed by atoms with E-state index >= 15 is 0 Å². The number of phenols is 1. The lowest BCUT2D eigenvalue weighted by Gasteiger charge is -2.33. The SMILES string of the molecule is C[C@@H]1O[C@H](CC(=O)O)CC2=C1C(=O)c1c(O)cccc1C2=O. The molecule has 1 aromatic carbocycles. The largest absolute Gasteiger partial charge is 0.507 e. The number of ether oxygens (including phenoxy) is 1. The van der Waals surface area contributed by atoms with Gasteiger partial charge in [0.1, 0.15) is 5.75 Å². The van der Waals surface area contributed by atoms with E-state index in [0.717, 1.165) is 0 Å². The van der Waals surface area contributed by atoms with E-state index in [-0.39, 0.29) is 41.1 Å². The van der Waals surface area contributed by atoms with Crippen LogP contribution in [-0.2, 0) is 9.53 Å². The number of ketones is 2. The van der Waals surface area contributed by atoms with Crippen LogP contribution in [0.25, 0.3) is 0 Å². The van der Waals surface area contributed by atoms with E-state index in [1.54, 1.807) is 6.92 Å². The Bertz CT molecular complexity index is 730. The average Bonchev–Trinajstić information content (AvgIpc) is 2.43. The molecule has 0 fully saturated rings. The van der Waals surface area contributed by atoms with Crippen molar-refractivity contribution in [2.75, 3.05) is 0 Å². The van der Waals surface area contributed by atoms with Crippen molar-refractivity contribution in [3.8, 4) is 5.75 Å². The normalized spacial score (nSPS) is 24.0. The molecule has 0 unspecified atom stereocenters. The van der Waals surface area contributed by atoms with E-state index in [0.29, 0.717) is 5.57 Å². The Morgan fingerprint density at radius 2 is 2.05 bits per heavy atom. The van der Waals surface area contributed by atoms with Crippen LogP contribution < -0.4 is 0 Å². The molecule has 114 valence electrons. The highest BCUT2D eigenvalue weighted by atomic mass is 16.5. The minimum atomic E-state index is -1.02. The third-order valence-electron chi connectivity index (χ3n) is 4.00. The first-order chi connectivity index (χ1) is 10.4. The Morgan fingerprint density at radius 3 is 2.73 bits per heavy atom. The minimum Gasteiger partial charge on any atom is -0.507 e. The number of aliphatic carboxylic acids is 1. The number of rotatable bonds is 2. The van der Waals surface area contributed by atoms with Crippen LogP contribution in [0.4, 0.5) is 0 Å². The van der Waals surface area contributed by atoms with Crippen LogP contribution in [-0.4, -0.2) is 40.0 Å². The monoisotopic (exact) mass is 302 g/mol. The average molecular weight is 302 g/mol. The lowest BCUT2D eigenvalue weighted by Crippen LogP contribution is -2.38. The van der Waals surface area contributed by atoms with Gasteiger partial charge in [-0.15, -0.1) is 0 Å². The molecule has 0 aromatic heterocycles. The molecule has 0 saturated heterocycles. The van der Waals surface area contributed by atoms with Crippen molar-refractivity contribution in [2.45, 2.75) is 32.0 Å². The number of aromatic hydroxyl groups is 1. The number of phenolic OH excluding ortho intramolecular Hbond substituents is 1. The van der Waals surface area contributed by atoms with E-state index in [4.69, 9.17) is 9.84 Å². The third kappa shape index (κ3) is 2.12. The molecule has 0 spiro atoms. The molecule has 6 heteroatoms. The van der Waals surface area contributed by atoms with Crippen LogP contribution in [0.3, 0.4) is 0 Å². The van der Waals surface area contributed by atoms with E-state index in [9.17, 15) is 19.5 Å². The lowest BCUT2D eigenvalue weighted by molar-refractivity contribution is -0.141. The highest BCUT2D eigenvalue weighted by molar-refractivity contribution is 6.28. The number of carbonyl (C=O) groups is 3. The molecule has 2 N–H and O–H groups in total. The van der Waals surface area contributed by atoms with Crippen molar-refractivity contribution >= 4 is 17.5 Å². The van der Waals surface area contributed by atoms with Gasteiger partial charge in [0, 0.05) is 23.1 Å². The van der Waals surface area contributed by atoms with Gasteiger partial charge in [0.2, 0.25) is 0 Å². The number of fused-ring (bicyclic) bond motifs is 1. The van der Waals surface area contributed by atoms with Crippen LogP contribution in [0.1, 0.15) is 40.5 Å². The van der Waals surface area contributed by atoms with Crippen LogP contribution >= 0.6 is 0 Å². The Hall–Kier alpha value is -2.47. The van der Waals surface area contributed by atoms with Crippen LogP contribution in [0.5, 0.6) is 5.75 Å². The Labute approximate surface area is 126 Å². The molecule has 22 heavy (non-hydrogen) atoms. The van der Waals surface area contributed by atoms with Crippen molar-refractivity contribution in [2.24, 2.45) is 0 Å². The number of hydrogen-bond donors (Lipinski definition) is 2. The van der Waals surface area contributed by atoms with Gasteiger partial charge in [0.15, 0.2) is 11.6 Å². The fourth-order valence-corrected chi connectivity index (χ4v) is 3.10. The number of carbonyl (C=O) groups excluding carboxylic acids is 2. The van der Waals surface area contributed by atoms with E-state index in [1.807, 2.05) is 0 Å². The van der Waals surface area contributed by atoms with Gasteiger partial charge >= 0.3 is 5.97 Å². The van der Waals surface area contributed by atoms with Gasteiger partial charge in [-0.25, -0.2) is 0 Å². The molecular formula is C16H14O6. The third-order valence-corrected chi connectivity index (χ3v) is 4.00. The van der Waals surface area contributed by atoms with E-state index < -0.39 is 24.0 Å². The van der Waals surface area contributed by atoms with Crippen molar-refractivity contribution < 1.29 is 29.3 Å². The second-order valence-electron chi connectivity index (χ2n) is 5.45. The zero-order valence-electron chi connectivity index (χ0n) is 11.8. The van der Waals surface area contributed by atoms with Gasteiger partial charge in [0.25, 0.3) is 0 Å². The molecule has 0 amide bonds. The van der Waals surface area contributed by atoms with Crippen molar-refractivity contribution in [3.63, 3.8) is 0 Å². The number of hydrogen-bond acceptors (Lipinski definition) is 5. The first kappa shape index (κ1) is 14.5. The summed E-state index contributed by atoms with van der Waals surface area (Å²) in [7, 11) is 0.